The van der Waals surface area contributed by atoms with Gasteiger partial charge >= 0.3 is 0 Å². The number of ether oxygens (including phenoxy) is 1. The third kappa shape index (κ3) is 6.02. The molecule has 1 amide bonds. The molecule has 1 atom stereocenters. The molecule has 0 aliphatic carbocycles. The number of rotatable bonds is 9. The Morgan fingerprint density at radius 1 is 1.22 bits per heavy atom. The number of aromatic nitrogens is 2. The third-order valence-corrected chi connectivity index (χ3v) is 4.35. The van der Waals surface area contributed by atoms with E-state index in [2.05, 4.69) is 32.5 Å². The topological polar surface area (TPSA) is 108 Å². The number of aliphatic hydroxyl groups is 1. The van der Waals surface area contributed by atoms with E-state index < -0.39 is 5.82 Å². The lowest BCUT2D eigenvalue weighted by Crippen LogP contribution is -2.16. The van der Waals surface area contributed by atoms with E-state index >= 15 is 0 Å². The molecule has 9 heteroatoms. The summed E-state index contributed by atoms with van der Waals surface area (Å²) in [6, 6.07) is 12.2. The molecule has 1 aromatic heterocycles. The number of carbonyl (C=O) groups excluding carboxylic acids is 1. The number of aryl methyl sites for hydroxylation is 1. The molecule has 3 aromatic rings. The van der Waals surface area contributed by atoms with Gasteiger partial charge in [-0.1, -0.05) is 18.7 Å². The van der Waals surface area contributed by atoms with Gasteiger partial charge in [-0.3, -0.25) is 4.79 Å². The number of halogens is 1. The van der Waals surface area contributed by atoms with Crippen molar-refractivity contribution in [2.24, 2.45) is 0 Å². The van der Waals surface area contributed by atoms with Gasteiger partial charge in [0.05, 0.1) is 12.8 Å². The summed E-state index contributed by atoms with van der Waals surface area (Å²) >= 11 is 0. The highest BCUT2D eigenvalue weighted by Gasteiger charge is 2.11. The van der Waals surface area contributed by atoms with E-state index in [1.54, 1.807) is 37.3 Å². The first-order chi connectivity index (χ1) is 15.4. The van der Waals surface area contributed by atoms with Gasteiger partial charge in [0, 0.05) is 23.1 Å². The minimum absolute atomic E-state index is 0.0350. The van der Waals surface area contributed by atoms with Gasteiger partial charge in [-0.05, 0) is 49.8 Å². The van der Waals surface area contributed by atoms with Gasteiger partial charge in [0.2, 0.25) is 11.9 Å². The normalized spacial score (nSPS) is 11.4. The molecule has 8 nitrogen and oxygen atoms in total. The van der Waals surface area contributed by atoms with Crippen molar-refractivity contribution in [2.45, 2.75) is 20.0 Å². The largest absolute Gasteiger partial charge is 0.488 e. The first-order valence-corrected chi connectivity index (χ1v) is 9.86. The van der Waals surface area contributed by atoms with Crippen LogP contribution in [0.3, 0.4) is 0 Å². The number of benzene rings is 2. The summed E-state index contributed by atoms with van der Waals surface area (Å²) in [7, 11) is 0. The average Bonchev–Trinajstić information content (AvgIpc) is 2.78. The fraction of sp³-hybridized carbons (Fsp3) is 0.174. The number of amides is 1. The van der Waals surface area contributed by atoms with Crippen LogP contribution in [0.5, 0.6) is 5.75 Å². The molecule has 0 unspecified atom stereocenters. The molecule has 3 rings (SSSR count). The van der Waals surface area contributed by atoms with E-state index in [0.29, 0.717) is 22.8 Å². The van der Waals surface area contributed by atoms with Crippen molar-refractivity contribution in [3.8, 4) is 5.75 Å². The first-order valence-electron chi connectivity index (χ1n) is 9.86. The van der Waals surface area contributed by atoms with Gasteiger partial charge in [-0.15, -0.1) is 0 Å². The highest BCUT2D eigenvalue weighted by Crippen LogP contribution is 2.26. The second-order valence-corrected chi connectivity index (χ2v) is 7.01. The van der Waals surface area contributed by atoms with Crippen LogP contribution in [-0.2, 0) is 4.79 Å². The Hall–Kier alpha value is -3.98. The van der Waals surface area contributed by atoms with Crippen molar-refractivity contribution < 1.29 is 19.0 Å². The van der Waals surface area contributed by atoms with Gasteiger partial charge in [-0.2, -0.15) is 4.98 Å². The fourth-order valence-electron chi connectivity index (χ4n) is 2.71. The Morgan fingerprint density at radius 2 is 1.97 bits per heavy atom. The summed E-state index contributed by atoms with van der Waals surface area (Å²) in [5.41, 5.74) is 2.60. The van der Waals surface area contributed by atoms with Crippen LogP contribution in [0.4, 0.5) is 33.2 Å². The highest BCUT2D eigenvalue weighted by atomic mass is 19.1. The molecule has 2 aromatic carbocycles. The minimum atomic E-state index is -0.638. The van der Waals surface area contributed by atoms with E-state index in [1.165, 1.54) is 0 Å². The van der Waals surface area contributed by atoms with Crippen molar-refractivity contribution in [2.75, 3.05) is 22.6 Å². The zero-order valence-electron chi connectivity index (χ0n) is 17.7. The second kappa shape index (κ2) is 10.4. The molecule has 32 heavy (non-hydrogen) atoms. The van der Waals surface area contributed by atoms with Crippen LogP contribution in [0, 0.1) is 12.7 Å². The standard InChI is InChI=1S/C23H24FN5O3/c1-4-21(31)26-16-6-5-7-17(10-16)27-22-19(24)12-25-23(29-22)28-18-9-8-14(2)20(11-18)32-15(3)13-30/h4-12,15,30H,1,13H2,2-3H3,(H,26,31)(H2,25,27,28,29)/t15-/m0/s1. The molecule has 0 bridgehead atoms. The van der Waals surface area contributed by atoms with Crippen molar-refractivity contribution in [1.29, 1.82) is 0 Å². The summed E-state index contributed by atoms with van der Waals surface area (Å²) in [6.45, 7) is 6.96. The number of hydrogen-bond donors (Lipinski definition) is 4. The zero-order chi connectivity index (χ0) is 23.1. The molecule has 1 heterocycles. The smallest absolute Gasteiger partial charge is 0.247 e. The van der Waals surface area contributed by atoms with Gasteiger partial charge < -0.3 is 25.8 Å². The Balaban J connectivity index is 1.78. The van der Waals surface area contributed by atoms with Gasteiger partial charge in [0.1, 0.15) is 11.9 Å². The summed E-state index contributed by atoms with van der Waals surface area (Å²) in [5, 5.41) is 17.8. The van der Waals surface area contributed by atoms with Crippen molar-refractivity contribution in [3.63, 3.8) is 0 Å². The highest BCUT2D eigenvalue weighted by molar-refractivity contribution is 5.99. The van der Waals surface area contributed by atoms with Crippen LogP contribution in [0.15, 0.2) is 61.3 Å². The molecule has 0 aliphatic heterocycles. The van der Waals surface area contributed by atoms with E-state index in [1.807, 2.05) is 19.1 Å². The quantitative estimate of drug-likeness (QED) is 0.370. The Bertz CT molecular complexity index is 1120. The molecule has 0 fully saturated rings. The summed E-state index contributed by atoms with van der Waals surface area (Å²) in [5.74, 6) is -0.241. The van der Waals surface area contributed by atoms with Crippen molar-refractivity contribution >= 4 is 34.7 Å². The Labute approximate surface area is 185 Å². The number of aliphatic hydroxyl groups excluding tert-OH is 1. The summed E-state index contributed by atoms with van der Waals surface area (Å²) in [4.78, 5) is 19.7. The maximum absolute atomic E-state index is 14.3. The van der Waals surface area contributed by atoms with Gasteiger partial charge in [0.25, 0.3) is 0 Å². The van der Waals surface area contributed by atoms with Crippen LogP contribution < -0.4 is 20.7 Å². The Morgan fingerprint density at radius 3 is 2.72 bits per heavy atom. The predicted molar refractivity (Wildman–Crippen MR) is 122 cm³/mol. The molecular formula is C23H24FN5O3. The fourth-order valence-corrected chi connectivity index (χ4v) is 2.71. The van der Waals surface area contributed by atoms with Crippen LogP contribution in [0.25, 0.3) is 0 Å². The summed E-state index contributed by atoms with van der Waals surface area (Å²) in [6.07, 6.45) is 1.86. The predicted octanol–water partition coefficient (Wildman–Crippen LogP) is 4.30. The van der Waals surface area contributed by atoms with Crippen LogP contribution in [0.1, 0.15) is 12.5 Å². The summed E-state index contributed by atoms with van der Waals surface area (Å²) < 4.78 is 20.0. The van der Waals surface area contributed by atoms with Crippen LogP contribution in [-0.4, -0.2) is 33.7 Å². The van der Waals surface area contributed by atoms with Crippen LogP contribution in [0.2, 0.25) is 0 Å². The van der Waals surface area contributed by atoms with Gasteiger partial charge in [0.15, 0.2) is 11.6 Å². The molecule has 0 saturated heterocycles. The van der Waals surface area contributed by atoms with E-state index in [-0.39, 0.29) is 30.4 Å². The number of hydrogen-bond acceptors (Lipinski definition) is 7. The first kappa shape index (κ1) is 22.7. The number of carbonyl (C=O) groups is 1. The molecule has 166 valence electrons. The SMILES string of the molecule is C=CC(=O)Nc1cccc(Nc2nc(Nc3ccc(C)c(O[C@@H](C)CO)c3)ncc2F)c1. The average molecular weight is 437 g/mol. The van der Waals surface area contributed by atoms with E-state index in [4.69, 9.17) is 4.74 Å². The molecule has 0 saturated carbocycles. The third-order valence-electron chi connectivity index (χ3n) is 4.35. The zero-order valence-corrected chi connectivity index (χ0v) is 17.7. The number of anilines is 5. The molecule has 0 aliphatic rings. The number of nitrogens with one attached hydrogen (secondary N) is 3. The molecule has 0 spiro atoms. The second-order valence-electron chi connectivity index (χ2n) is 7.01. The molecular weight excluding hydrogens is 413 g/mol. The van der Waals surface area contributed by atoms with E-state index in [0.717, 1.165) is 17.8 Å². The molecule has 4 N–H and O–H groups in total. The van der Waals surface area contributed by atoms with Crippen molar-refractivity contribution in [1.82, 2.24) is 9.97 Å². The van der Waals surface area contributed by atoms with Crippen molar-refractivity contribution in [3.05, 3.63) is 72.7 Å². The minimum Gasteiger partial charge on any atom is -0.488 e. The number of nitrogens with zero attached hydrogens (tertiary/aromatic N) is 2. The maximum atomic E-state index is 14.3. The van der Waals surface area contributed by atoms with Crippen LogP contribution >= 0.6 is 0 Å². The lowest BCUT2D eigenvalue weighted by Gasteiger charge is -2.16. The maximum Gasteiger partial charge on any atom is 0.247 e. The Kier molecular flexibility index (Phi) is 7.35. The molecule has 0 radical (unpaired) electrons. The van der Waals surface area contributed by atoms with Gasteiger partial charge in [-0.25, -0.2) is 9.37 Å². The monoisotopic (exact) mass is 437 g/mol. The lowest BCUT2D eigenvalue weighted by molar-refractivity contribution is -0.111. The lowest BCUT2D eigenvalue weighted by atomic mass is 10.2. The van der Waals surface area contributed by atoms with E-state index in [9.17, 15) is 14.3 Å².